The Morgan fingerprint density at radius 1 is 1.60 bits per heavy atom. The zero-order chi connectivity index (χ0) is 10.4. The molecule has 2 fully saturated rings. The van der Waals surface area contributed by atoms with E-state index < -0.39 is 0 Å². The van der Waals surface area contributed by atoms with Crippen molar-refractivity contribution in [2.24, 2.45) is 0 Å². The Kier molecular flexibility index (Phi) is 2.26. The lowest BCUT2D eigenvalue weighted by Gasteiger charge is -2.55. The van der Waals surface area contributed by atoms with Crippen molar-refractivity contribution in [3.8, 4) is 0 Å². The molecule has 0 aromatic carbocycles. The van der Waals surface area contributed by atoms with Crippen molar-refractivity contribution in [3.63, 3.8) is 0 Å². The third-order valence-electron chi connectivity index (χ3n) is 2.82. The smallest absolute Gasteiger partial charge is 0.190 e. The lowest BCUT2D eigenvalue weighted by Crippen LogP contribution is -2.71. The Morgan fingerprint density at radius 2 is 2.47 bits per heavy atom. The van der Waals surface area contributed by atoms with Gasteiger partial charge in [0.15, 0.2) is 5.16 Å². The second-order valence-electron chi connectivity index (χ2n) is 3.63. The van der Waals surface area contributed by atoms with Crippen molar-refractivity contribution in [1.82, 2.24) is 9.97 Å². The van der Waals surface area contributed by atoms with E-state index in [0.717, 1.165) is 24.1 Å². The molecule has 15 heavy (non-hydrogen) atoms. The van der Waals surface area contributed by atoms with Crippen molar-refractivity contribution in [3.05, 3.63) is 11.2 Å². The van der Waals surface area contributed by atoms with Gasteiger partial charge in [-0.15, -0.1) is 0 Å². The second-order valence-corrected chi connectivity index (χ2v) is 4.79. The monoisotopic (exact) mass is 243 g/mol. The van der Waals surface area contributed by atoms with Crippen LogP contribution in [0.25, 0.3) is 0 Å². The van der Waals surface area contributed by atoms with E-state index >= 15 is 0 Å². The van der Waals surface area contributed by atoms with Crippen LogP contribution in [0.15, 0.2) is 11.2 Å². The summed E-state index contributed by atoms with van der Waals surface area (Å²) in [5.41, 5.74) is 0. The second kappa shape index (κ2) is 3.50. The van der Waals surface area contributed by atoms with E-state index in [2.05, 4.69) is 14.9 Å². The van der Waals surface area contributed by atoms with Crippen LogP contribution in [0.3, 0.4) is 0 Å². The molecule has 80 valence electrons. The molecule has 1 aromatic heterocycles. The van der Waals surface area contributed by atoms with Gasteiger partial charge in [-0.25, -0.2) is 9.97 Å². The first-order valence-corrected chi connectivity index (χ1v) is 6.35. The van der Waals surface area contributed by atoms with Crippen molar-refractivity contribution in [2.45, 2.75) is 17.3 Å². The predicted molar refractivity (Wildman–Crippen MR) is 59.7 cm³/mol. The molecule has 1 unspecified atom stereocenters. The Balaban J connectivity index is 1.87. The quantitative estimate of drug-likeness (QED) is 0.447. The molecule has 2 atom stereocenters. The maximum absolute atomic E-state index is 5.93. The highest BCUT2D eigenvalue weighted by Crippen LogP contribution is 2.35. The normalized spacial score (nSPS) is 28.0. The van der Waals surface area contributed by atoms with E-state index in [-0.39, 0.29) is 0 Å². The van der Waals surface area contributed by atoms with Crippen molar-refractivity contribution in [1.29, 1.82) is 0 Å². The molecule has 0 aliphatic carbocycles. The van der Waals surface area contributed by atoms with Crippen molar-refractivity contribution >= 4 is 29.2 Å². The van der Waals surface area contributed by atoms with Crippen LogP contribution >= 0.6 is 23.4 Å². The summed E-state index contributed by atoms with van der Waals surface area (Å²) >= 11 is 7.44. The number of rotatable bonds is 2. The molecule has 0 spiro atoms. The summed E-state index contributed by atoms with van der Waals surface area (Å²) in [6, 6.07) is 2.32. The molecular formula is C9H10ClN3OS. The number of ether oxygens (including phenoxy) is 1. The van der Waals surface area contributed by atoms with Gasteiger partial charge in [0.1, 0.15) is 11.0 Å². The number of halogens is 1. The van der Waals surface area contributed by atoms with Crippen molar-refractivity contribution < 1.29 is 4.74 Å². The number of anilines is 1. The molecule has 0 radical (unpaired) electrons. The van der Waals surface area contributed by atoms with E-state index in [0.29, 0.717) is 17.3 Å². The summed E-state index contributed by atoms with van der Waals surface area (Å²) < 4.78 is 5.34. The number of hydrogen-bond donors (Lipinski definition) is 0. The Labute approximate surface area is 97.0 Å². The van der Waals surface area contributed by atoms with E-state index in [4.69, 9.17) is 16.3 Å². The summed E-state index contributed by atoms with van der Waals surface area (Å²) in [5.74, 6) is 0.920. The van der Waals surface area contributed by atoms with Crippen LogP contribution in [0, 0.1) is 0 Å². The third kappa shape index (κ3) is 1.49. The van der Waals surface area contributed by atoms with Crippen LogP contribution in [0.2, 0.25) is 5.15 Å². The first kappa shape index (κ1) is 9.69. The van der Waals surface area contributed by atoms with Crippen LogP contribution in [0.5, 0.6) is 0 Å². The number of morpholine rings is 1. The third-order valence-corrected chi connectivity index (χ3v) is 3.57. The highest BCUT2D eigenvalue weighted by molar-refractivity contribution is 7.98. The van der Waals surface area contributed by atoms with Crippen LogP contribution < -0.4 is 4.90 Å². The molecule has 3 rings (SSSR count). The average Bonchev–Trinajstić information content (AvgIpc) is 2.21. The molecule has 1 aromatic rings. The van der Waals surface area contributed by atoms with Gasteiger partial charge in [0.25, 0.3) is 0 Å². The maximum atomic E-state index is 5.93. The minimum Gasteiger partial charge on any atom is -0.372 e. The number of thioether (sulfide) groups is 1. The van der Waals surface area contributed by atoms with Crippen LogP contribution in [-0.2, 0) is 4.74 Å². The predicted octanol–water partition coefficient (Wildman–Crippen LogP) is 1.44. The van der Waals surface area contributed by atoms with E-state index in [9.17, 15) is 0 Å². The zero-order valence-electron chi connectivity index (χ0n) is 8.18. The Bertz CT molecular complexity index is 403. The maximum Gasteiger partial charge on any atom is 0.190 e. The standard InChI is InChI=1S/C9H10ClN3OS/c1-15-9-11-7(10)2-8(12-9)13-3-6-5(13)4-14-6/h2,5-6H,3-4H2,1H3/t5?,6-/m1/s1. The summed E-state index contributed by atoms with van der Waals surface area (Å²) in [6.45, 7) is 1.73. The highest BCUT2D eigenvalue weighted by Gasteiger charge is 2.48. The fourth-order valence-corrected chi connectivity index (χ4v) is 2.46. The lowest BCUT2D eigenvalue weighted by molar-refractivity contribution is -0.113. The van der Waals surface area contributed by atoms with Gasteiger partial charge in [0.2, 0.25) is 0 Å². The molecule has 0 saturated carbocycles. The lowest BCUT2D eigenvalue weighted by atomic mass is 9.95. The number of fused-ring (bicyclic) bond motifs is 1. The van der Waals surface area contributed by atoms with Gasteiger partial charge in [-0.3, -0.25) is 0 Å². The summed E-state index contributed by atoms with van der Waals surface area (Å²) in [6.07, 6.45) is 2.36. The largest absolute Gasteiger partial charge is 0.372 e. The molecule has 0 bridgehead atoms. The molecule has 2 aliphatic heterocycles. The SMILES string of the molecule is CSc1nc(Cl)cc(N2C[C@H]3OCC32)n1. The first-order chi connectivity index (χ1) is 7.28. The van der Waals surface area contributed by atoms with Crippen LogP contribution in [0.1, 0.15) is 0 Å². The minimum atomic E-state index is 0.413. The molecule has 3 heterocycles. The van der Waals surface area contributed by atoms with Gasteiger partial charge in [-0.1, -0.05) is 23.4 Å². The van der Waals surface area contributed by atoms with E-state index in [1.807, 2.05) is 12.3 Å². The van der Waals surface area contributed by atoms with Crippen molar-refractivity contribution in [2.75, 3.05) is 24.3 Å². The van der Waals surface area contributed by atoms with Gasteiger partial charge < -0.3 is 9.64 Å². The van der Waals surface area contributed by atoms with Gasteiger partial charge in [0, 0.05) is 12.6 Å². The first-order valence-electron chi connectivity index (χ1n) is 4.75. The number of hydrogen-bond acceptors (Lipinski definition) is 5. The number of aromatic nitrogens is 2. The molecule has 4 nitrogen and oxygen atoms in total. The molecule has 0 amide bonds. The molecular weight excluding hydrogens is 234 g/mol. The van der Waals surface area contributed by atoms with Gasteiger partial charge >= 0.3 is 0 Å². The average molecular weight is 244 g/mol. The van der Waals surface area contributed by atoms with Gasteiger partial charge in [0.05, 0.1) is 18.8 Å². The summed E-state index contributed by atoms with van der Waals surface area (Å²) in [5, 5.41) is 1.23. The molecule has 2 aliphatic rings. The van der Waals surface area contributed by atoms with Gasteiger partial charge in [-0.2, -0.15) is 0 Å². The fourth-order valence-electron chi connectivity index (χ4n) is 1.86. The topological polar surface area (TPSA) is 38.2 Å². The van der Waals surface area contributed by atoms with Crippen LogP contribution in [-0.4, -0.2) is 41.5 Å². The van der Waals surface area contributed by atoms with Gasteiger partial charge in [-0.05, 0) is 6.26 Å². The summed E-state index contributed by atoms with van der Waals surface area (Å²) in [7, 11) is 0. The molecule has 6 heteroatoms. The van der Waals surface area contributed by atoms with E-state index in [1.54, 1.807) is 0 Å². The zero-order valence-corrected chi connectivity index (χ0v) is 9.75. The fraction of sp³-hybridized carbons (Fsp3) is 0.556. The summed E-state index contributed by atoms with van der Waals surface area (Å²) in [4.78, 5) is 10.8. The Hall–Kier alpha value is -0.520. The Morgan fingerprint density at radius 3 is 3.00 bits per heavy atom. The minimum absolute atomic E-state index is 0.413. The van der Waals surface area contributed by atoms with Crippen LogP contribution in [0.4, 0.5) is 5.82 Å². The molecule has 0 N–H and O–H groups in total. The number of nitrogens with zero attached hydrogens (tertiary/aromatic N) is 3. The van der Waals surface area contributed by atoms with E-state index in [1.165, 1.54) is 11.8 Å². The highest BCUT2D eigenvalue weighted by atomic mass is 35.5. The molecule has 2 saturated heterocycles.